The van der Waals surface area contributed by atoms with Gasteiger partial charge in [0.15, 0.2) is 11.6 Å². The van der Waals surface area contributed by atoms with E-state index in [-0.39, 0.29) is 11.1 Å². The molecule has 100 valence electrons. The molecule has 0 aromatic heterocycles. The van der Waals surface area contributed by atoms with E-state index in [4.69, 9.17) is 0 Å². The van der Waals surface area contributed by atoms with E-state index in [1.54, 1.807) is 24.3 Å². The molecule has 6 heteroatoms. The van der Waals surface area contributed by atoms with Gasteiger partial charge in [0, 0.05) is 4.47 Å². The highest BCUT2D eigenvalue weighted by molar-refractivity contribution is 9.10. The van der Waals surface area contributed by atoms with Crippen molar-refractivity contribution in [3.63, 3.8) is 0 Å². The first-order chi connectivity index (χ1) is 9.49. The Labute approximate surface area is 120 Å². The normalized spacial score (nSPS) is 13.8. The van der Waals surface area contributed by atoms with Crippen molar-refractivity contribution in [1.82, 2.24) is 0 Å². The average molecular weight is 338 g/mol. The third-order valence-electron chi connectivity index (χ3n) is 2.99. The smallest absolute Gasteiger partial charge is 0.266 e. The number of anilines is 1. The van der Waals surface area contributed by atoms with E-state index in [1.807, 2.05) is 0 Å². The monoisotopic (exact) mass is 337 g/mol. The van der Waals surface area contributed by atoms with E-state index in [2.05, 4.69) is 15.9 Å². The summed E-state index contributed by atoms with van der Waals surface area (Å²) in [4.78, 5) is 25.3. The molecule has 0 aliphatic carbocycles. The summed E-state index contributed by atoms with van der Waals surface area (Å²) >= 11 is 3.24. The molecule has 0 saturated heterocycles. The fourth-order valence-electron chi connectivity index (χ4n) is 2.08. The number of imide groups is 1. The molecule has 2 amide bonds. The minimum Gasteiger partial charge on any atom is -0.268 e. The van der Waals surface area contributed by atoms with Crippen molar-refractivity contribution in [2.45, 2.75) is 0 Å². The Morgan fingerprint density at radius 1 is 0.900 bits per heavy atom. The summed E-state index contributed by atoms with van der Waals surface area (Å²) < 4.78 is 27.1. The van der Waals surface area contributed by atoms with Crippen LogP contribution >= 0.6 is 15.9 Å². The van der Waals surface area contributed by atoms with Gasteiger partial charge in [-0.1, -0.05) is 22.0 Å². The third-order valence-corrected chi connectivity index (χ3v) is 3.49. The van der Waals surface area contributed by atoms with Crippen LogP contribution < -0.4 is 4.90 Å². The lowest BCUT2D eigenvalue weighted by Crippen LogP contribution is -2.29. The number of nitrogens with zero attached hydrogens (tertiary/aromatic N) is 1. The number of hydrogen-bond donors (Lipinski definition) is 0. The van der Waals surface area contributed by atoms with Crippen LogP contribution in [-0.2, 0) is 0 Å². The highest BCUT2D eigenvalue weighted by atomic mass is 79.9. The van der Waals surface area contributed by atoms with Gasteiger partial charge in [-0.3, -0.25) is 9.59 Å². The molecule has 2 aromatic carbocycles. The molecule has 1 heterocycles. The van der Waals surface area contributed by atoms with Crippen molar-refractivity contribution in [3.05, 3.63) is 63.6 Å². The Morgan fingerprint density at radius 3 is 1.95 bits per heavy atom. The summed E-state index contributed by atoms with van der Waals surface area (Å²) in [5, 5.41) is 0. The Hall–Kier alpha value is -2.08. The molecule has 0 radical (unpaired) electrons. The van der Waals surface area contributed by atoms with Crippen LogP contribution in [0.15, 0.2) is 40.9 Å². The van der Waals surface area contributed by atoms with E-state index in [9.17, 15) is 18.4 Å². The largest absolute Gasteiger partial charge is 0.268 e. The molecule has 0 bridgehead atoms. The third kappa shape index (κ3) is 1.84. The molecule has 0 unspecified atom stereocenters. The predicted octanol–water partition coefficient (Wildman–Crippen LogP) is 3.53. The maximum absolute atomic E-state index is 13.2. The minimum atomic E-state index is -1.15. The van der Waals surface area contributed by atoms with Crippen LogP contribution in [0, 0.1) is 11.6 Å². The van der Waals surface area contributed by atoms with Gasteiger partial charge in [-0.2, -0.15) is 0 Å². The maximum Gasteiger partial charge on any atom is 0.266 e. The second kappa shape index (κ2) is 4.49. The summed E-state index contributed by atoms with van der Waals surface area (Å²) in [5.41, 5.74) is 0.0779. The molecular weight excluding hydrogens is 332 g/mol. The first-order valence-electron chi connectivity index (χ1n) is 5.62. The van der Waals surface area contributed by atoms with Gasteiger partial charge in [0.25, 0.3) is 11.8 Å². The number of halogens is 3. The zero-order chi connectivity index (χ0) is 14.4. The van der Waals surface area contributed by atoms with E-state index in [0.29, 0.717) is 10.2 Å². The van der Waals surface area contributed by atoms with Crippen LogP contribution in [0.2, 0.25) is 0 Å². The van der Waals surface area contributed by atoms with Gasteiger partial charge >= 0.3 is 0 Å². The summed E-state index contributed by atoms with van der Waals surface area (Å²) in [6.45, 7) is 0. The first kappa shape index (κ1) is 12.9. The van der Waals surface area contributed by atoms with Gasteiger partial charge in [0.2, 0.25) is 0 Å². The maximum atomic E-state index is 13.2. The van der Waals surface area contributed by atoms with Gasteiger partial charge in [0.1, 0.15) is 0 Å². The van der Waals surface area contributed by atoms with Gasteiger partial charge in [0.05, 0.1) is 16.8 Å². The standard InChI is InChI=1S/C14H6BrF2NO2/c15-7-2-1-3-8(4-7)18-13(19)9-5-11(16)12(17)6-10(9)14(18)20/h1-6H. The molecule has 0 fully saturated rings. The minimum absolute atomic E-state index is 0.131. The number of carbonyl (C=O) groups excluding carboxylic acids is 2. The summed E-state index contributed by atoms with van der Waals surface area (Å²) in [6.07, 6.45) is 0. The Kier molecular flexibility index (Phi) is 2.90. The molecule has 0 atom stereocenters. The molecule has 0 saturated carbocycles. The van der Waals surface area contributed by atoms with Gasteiger partial charge in [-0.25, -0.2) is 13.7 Å². The van der Waals surface area contributed by atoms with Crippen molar-refractivity contribution < 1.29 is 18.4 Å². The molecule has 0 spiro atoms. The number of benzene rings is 2. The van der Waals surface area contributed by atoms with E-state index < -0.39 is 23.4 Å². The Morgan fingerprint density at radius 2 is 1.45 bits per heavy atom. The highest BCUT2D eigenvalue weighted by Gasteiger charge is 2.37. The van der Waals surface area contributed by atoms with Crippen molar-refractivity contribution >= 4 is 33.4 Å². The molecule has 3 nitrogen and oxygen atoms in total. The van der Waals surface area contributed by atoms with Crippen LogP contribution in [-0.4, -0.2) is 11.8 Å². The molecule has 1 aliphatic rings. The van der Waals surface area contributed by atoms with Gasteiger partial charge < -0.3 is 0 Å². The zero-order valence-electron chi connectivity index (χ0n) is 9.86. The van der Waals surface area contributed by atoms with Crippen molar-refractivity contribution in [2.75, 3.05) is 4.90 Å². The molecular formula is C14H6BrF2NO2. The summed E-state index contributed by atoms with van der Waals surface area (Å²) in [5.74, 6) is -3.63. The number of carbonyl (C=O) groups is 2. The van der Waals surface area contributed by atoms with Crippen LogP contribution in [0.3, 0.4) is 0 Å². The van der Waals surface area contributed by atoms with Crippen LogP contribution in [0.1, 0.15) is 20.7 Å². The topological polar surface area (TPSA) is 37.4 Å². The number of amides is 2. The number of rotatable bonds is 1. The second-order valence-corrected chi connectivity index (χ2v) is 5.15. The predicted molar refractivity (Wildman–Crippen MR) is 71.6 cm³/mol. The van der Waals surface area contributed by atoms with Crippen molar-refractivity contribution in [3.8, 4) is 0 Å². The Balaban J connectivity index is 2.14. The van der Waals surface area contributed by atoms with E-state index >= 15 is 0 Å². The van der Waals surface area contributed by atoms with Crippen molar-refractivity contribution in [1.29, 1.82) is 0 Å². The van der Waals surface area contributed by atoms with E-state index in [1.165, 1.54) is 0 Å². The lowest BCUT2D eigenvalue weighted by molar-refractivity contribution is 0.0926. The SMILES string of the molecule is O=C1c2cc(F)c(F)cc2C(=O)N1c1cccc(Br)c1. The quantitative estimate of drug-likeness (QED) is 0.746. The highest BCUT2D eigenvalue weighted by Crippen LogP contribution is 2.31. The lowest BCUT2D eigenvalue weighted by atomic mass is 10.1. The van der Waals surface area contributed by atoms with Crippen LogP contribution in [0.4, 0.5) is 14.5 Å². The average Bonchev–Trinajstić information content (AvgIpc) is 2.63. The molecule has 3 rings (SSSR count). The van der Waals surface area contributed by atoms with Crippen molar-refractivity contribution in [2.24, 2.45) is 0 Å². The molecule has 1 aliphatic heterocycles. The molecule has 20 heavy (non-hydrogen) atoms. The van der Waals surface area contributed by atoms with Crippen LogP contribution in [0.25, 0.3) is 0 Å². The number of fused-ring (bicyclic) bond motifs is 1. The number of hydrogen-bond acceptors (Lipinski definition) is 2. The first-order valence-corrected chi connectivity index (χ1v) is 6.42. The summed E-state index contributed by atoms with van der Waals surface area (Å²) in [6, 6.07) is 8.05. The summed E-state index contributed by atoms with van der Waals surface area (Å²) in [7, 11) is 0. The zero-order valence-corrected chi connectivity index (χ0v) is 11.4. The second-order valence-electron chi connectivity index (χ2n) is 4.24. The van der Waals surface area contributed by atoms with Gasteiger partial charge in [-0.05, 0) is 30.3 Å². The molecule has 2 aromatic rings. The van der Waals surface area contributed by atoms with Crippen LogP contribution in [0.5, 0.6) is 0 Å². The van der Waals surface area contributed by atoms with Gasteiger partial charge in [-0.15, -0.1) is 0 Å². The van der Waals surface area contributed by atoms with E-state index in [0.717, 1.165) is 17.0 Å². The Bertz CT molecular complexity index is 720. The lowest BCUT2D eigenvalue weighted by Gasteiger charge is -2.13. The molecule has 0 N–H and O–H groups in total. The fourth-order valence-corrected chi connectivity index (χ4v) is 2.47. The fraction of sp³-hybridized carbons (Fsp3) is 0.